The van der Waals surface area contributed by atoms with E-state index in [9.17, 15) is 0 Å². The van der Waals surface area contributed by atoms with E-state index in [1.807, 2.05) is 7.05 Å². The van der Waals surface area contributed by atoms with Crippen LogP contribution in [-0.2, 0) is 0 Å². The summed E-state index contributed by atoms with van der Waals surface area (Å²) in [6.45, 7) is 8.24. The molecular weight excluding hydrogens is 196 g/mol. The van der Waals surface area contributed by atoms with Gasteiger partial charge in [0.25, 0.3) is 0 Å². The first-order chi connectivity index (χ1) is 7.56. The highest BCUT2D eigenvalue weighted by molar-refractivity contribution is 4.81. The van der Waals surface area contributed by atoms with Crippen LogP contribution in [0, 0.1) is 11.8 Å². The summed E-state index contributed by atoms with van der Waals surface area (Å²) < 4.78 is 0. The number of nitrogens with one attached hydrogen (secondary N) is 1. The molecule has 1 fully saturated rings. The van der Waals surface area contributed by atoms with Gasteiger partial charge in [0.05, 0.1) is 0 Å². The fourth-order valence-corrected chi connectivity index (χ4v) is 2.88. The van der Waals surface area contributed by atoms with Crippen LogP contribution in [0.1, 0.15) is 46.5 Å². The van der Waals surface area contributed by atoms with Crippen LogP contribution in [0.3, 0.4) is 0 Å². The van der Waals surface area contributed by atoms with Crippen molar-refractivity contribution < 1.29 is 0 Å². The highest BCUT2D eigenvalue weighted by atomic mass is 15.2. The minimum Gasteiger partial charge on any atom is -0.319 e. The Morgan fingerprint density at radius 2 is 1.75 bits per heavy atom. The van der Waals surface area contributed by atoms with E-state index in [-0.39, 0.29) is 0 Å². The molecule has 1 N–H and O–H groups in total. The van der Waals surface area contributed by atoms with Gasteiger partial charge in [-0.05, 0) is 65.1 Å². The molecule has 0 saturated heterocycles. The predicted molar refractivity (Wildman–Crippen MR) is 71.7 cm³/mol. The molecule has 1 aliphatic rings. The maximum atomic E-state index is 3.29. The van der Waals surface area contributed by atoms with Crippen molar-refractivity contribution in [3.05, 3.63) is 0 Å². The molecule has 0 spiro atoms. The molecule has 0 amide bonds. The lowest BCUT2D eigenvalue weighted by atomic mass is 9.85. The molecule has 1 rings (SSSR count). The van der Waals surface area contributed by atoms with Crippen LogP contribution in [0.2, 0.25) is 0 Å². The third-order valence-corrected chi connectivity index (χ3v) is 4.55. The van der Waals surface area contributed by atoms with Gasteiger partial charge in [-0.1, -0.05) is 13.8 Å². The lowest BCUT2D eigenvalue weighted by Crippen LogP contribution is -2.45. The Morgan fingerprint density at radius 3 is 2.25 bits per heavy atom. The van der Waals surface area contributed by atoms with Gasteiger partial charge in [-0.2, -0.15) is 0 Å². The lowest BCUT2D eigenvalue weighted by molar-refractivity contribution is 0.103. The Bertz CT molecular complexity index is 183. The van der Waals surface area contributed by atoms with E-state index in [0.29, 0.717) is 6.04 Å². The van der Waals surface area contributed by atoms with Gasteiger partial charge in [0.15, 0.2) is 0 Å². The Hall–Kier alpha value is -0.0800. The average molecular weight is 226 g/mol. The first kappa shape index (κ1) is 14.0. The van der Waals surface area contributed by atoms with Crippen molar-refractivity contribution in [1.29, 1.82) is 0 Å². The van der Waals surface area contributed by atoms with Crippen molar-refractivity contribution in [2.24, 2.45) is 11.8 Å². The number of hydrogen-bond donors (Lipinski definition) is 1. The monoisotopic (exact) mass is 226 g/mol. The molecule has 1 aliphatic carbocycles. The summed E-state index contributed by atoms with van der Waals surface area (Å²) >= 11 is 0. The van der Waals surface area contributed by atoms with E-state index in [0.717, 1.165) is 24.4 Å². The summed E-state index contributed by atoms with van der Waals surface area (Å²) in [7, 11) is 4.36. The van der Waals surface area contributed by atoms with Gasteiger partial charge in [0.1, 0.15) is 0 Å². The summed E-state index contributed by atoms with van der Waals surface area (Å²) in [6.07, 6.45) is 5.63. The number of rotatable bonds is 5. The van der Waals surface area contributed by atoms with Crippen LogP contribution >= 0.6 is 0 Å². The highest BCUT2D eigenvalue weighted by Crippen LogP contribution is 2.28. The van der Waals surface area contributed by atoms with Crippen molar-refractivity contribution in [2.45, 2.75) is 58.5 Å². The van der Waals surface area contributed by atoms with Crippen molar-refractivity contribution >= 4 is 0 Å². The summed E-state index contributed by atoms with van der Waals surface area (Å²) in [5.41, 5.74) is 0. The van der Waals surface area contributed by atoms with Crippen LogP contribution < -0.4 is 5.32 Å². The number of nitrogens with zero attached hydrogens (tertiary/aromatic N) is 1. The molecule has 2 unspecified atom stereocenters. The van der Waals surface area contributed by atoms with E-state index in [1.165, 1.54) is 25.7 Å². The molecule has 0 heterocycles. The molecule has 2 atom stereocenters. The molecule has 16 heavy (non-hydrogen) atoms. The SMILES string of the molecule is CNCC(C)C(C)N(C)C1CCC(C)CC1. The zero-order valence-corrected chi connectivity index (χ0v) is 11.8. The van der Waals surface area contributed by atoms with E-state index in [1.54, 1.807) is 0 Å². The largest absolute Gasteiger partial charge is 0.319 e. The summed E-state index contributed by atoms with van der Waals surface area (Å²) in [6, 6.07) is 1.51. The second-order valence-corrected chi connectivity index (χ2v) is 5.85. The van der Waals surface area contributed by atoms with Gasteiger partial charge in [-0.15, -0.1) is 0 Å². The van der Waals surface area contributed by atoms with Gasteiger partial charge < -0.3 is 10.2 Å². The first-order valence-corrected chi connectivity index (χ1v) is 6.92. The van der Waals surface area contributed by atoms with E-state index in [4.69, 9.17) is 0 Å². The molecule has 0 bridgehead atoms. The first-order valence-electron chi connectivity index (χ1n) is 6.92. The van der Waals surface area contributed by atoms with Crippen LogP contribution in [0.25, 0.3) is 0 Å². The topological polar surface area (TPSA) is 15.3 Å². The van der Waals surface area contributed by atoms with Crippen molar-refractivity contribution in [3.63, 3.8) is 0 Å². The molecule has 96 valence electrons. The minimum absolute atomic E-state index is 0.686. The smallest absolute Gasteiger partial charge is 0.0104 e. The molecule has 2 nitrogen and oxygen atoms in total. The van der Waals surface area contributed by atoms with Gasteiger partial charge in [0, 0.05) is 12.1 Å². The Balaban J connectivity index is 2.40. The molecule has 0 aromatic rings. The van der Waals surface area contributed by atoms with E-state index < -0.39 is 0 Å². The standard InChI is InChI=1S/C14H30N2/c1-11-6-8-14(9-7-11)16(5)13(3)12(2)10-15-4/h11-15H,6-10H2,1-5H3. The molecule has 0 radical (unpaired) electrons. The zero-order valence-electron chi connectivity index (χ0n) is 11.8. The third-order valence-electron chi connectivity index (χ3n) is 4.55. The molecular formula is C14H30N2. The van der Waals surface area contributed by atoms with Crippen molar-refractivity contribution in [1.82, 2.24) is 10.2 Å². The fourth-order valence-electron chi connectivity index (χ4n) is 2.88. The Kier molecular flexibility index (Phi) is 5.77. The minimum atomic E-state index is 0.686. The van der Waals surface area contributed by atoms with Gasteiger partial charge in [-0.3, -0.25) is 0 Å². The van der Waals surface area contributed by atoms with E-state index in [2.05, 4.69) is 38.0 Å². The second-order valence-electron chi connectivity index (χ2n) is 5.85. The van der Waals surface area contributed by atoms with Gasteiger partial charge in [-0.25, -0.2) is 0 Å². The molecule has 0 aromatic carbocycles. The van der Waals surface area contributed by atoms with Crippen LogP contribution in [0.5, 0.6) is 0 Å². The Labute approximate surface area is 102 Å². The maximum absolute atomic E-state index is 3.29. The number of hydrogen-bond acceptors (Lipinski definition) is 2. The third kappa shape index (κ3) is 3.74. The average Bonchev–Trinajstić information content (AvgIpc) is 2.28. The quantitative estimate of drug-likeness (QED) is 0.775. The summed E-state index contributed by atoms with van der Waals surface area (Å²) in [5, 5.41) is 3.29. The molecule has 1 saturated carbocycles. The predicted octanol–water partition coefficient (Wildman–Crippen LogP) is 2.74. The maximum Gasteiger partial charge on any atom is 0.0104 e. The highest BCUT2D eigenvalue weighted by Gasteiger charge is 2.26. The summed E-state index contributed by atoms with van der Waals surface area (Å²) in [4.78, 5) is 2.62. The van der Waals surface area contributed by atoms with Crippen molar-refractivity contribution in [2.75, 3.05) is 20.6 Å². The molecule has 2 heteroatoms. The van der Waals surface area contributed by atoms with Crippen LogP contribution in [0.4, 0.5) is 0 Å². The van der Waals surface area contributed by atoms with Gasteiger partial charge in [0.2, 0.25) is 0 Å². The second kappa shape index (κ2) is 6.61. The van der Waals surface area contributed by atoms with Crippen molar-refractivity contribution in [3.8, 4) is 0 Å². The lowest BCUT2D eigenvalue weighted by Gasteiger charge is -2.39. The van der Waals surface area contributed by atoms with Crippen LogP contribution in [0.15, 0.2) is 0 Å². The Morgan fingerprint density at radius 1 is 1.19 bits per heavy atom. The fraction of sp³-hybridized carbons (Fsp3) is 1.00. The van der Waals surface area contributed by atoms with E-state index >= 15 is 0 Å². The summed E-state index contributed by atoms with van der Waals surface area (Å²) in [5.74, 6) is 1.68. The van der Waals surface area contributed by atoms with Gasteiger partial charge >= 0.3 is 0 Å². The zero-order chi connectivity index (χ0) is 12.1. The normalized spacial score (nSPS) is 30.4. The molecule has 0 aromatic heterocycles. The van der Waals surface area contributed by atoms with Crippen LogP contribution in [-0.4, -0.2) is 37.6 Å². The molecule has 0 aliphatic heterocycles.